The lowest BCUT2D eigenvalue weighted by Crippen LogP contribution is -2.45. The number of para-hydroxylation sites is 1. The summed E-state index contributed by atoms with van der Waals surface area (Å²) in [4.78, 5) is 0. The van der Waals surface area contributed by atoms with Gasteiger partial charge in [-0.05, 0) is 37.8 Å². The molecule has 3 rings (SSSR count). The van der Waals surface area contributed by atoms with Crippen molar-refractivity contribution in [1.82, 2.24) is 0 Å². The van der Waals surface area contributed by atoms with Crippen LogP contribution < -0.4 is 4.74 Å². The molecule has 0 unspecified atom stereocenters. The summed E-state index contributed by atoms with van der Waals surface area (Å²) in [6, 6.07) is 8.42. The number of ether oxygens (including phenoxy) is 1. The van der Waals surface area contributed by atoms with E-state index in [2.05, 4.69) is 43.3 Å². The summed E-state index contributed by atoms with van der Waals surface area (Å²) in [5.74, 6) is 1.65. The number of rotatable bonds is 0. The number of benzene rings is 1. The Kier molecular flexibility index (Phi) is 1.88. The lowest BCUT2D eigenvalue weighted by molar-refractivity contribution is 0.0175. The predicted molar refractivity (Wildman–Crippen MR) is 61.0 cm³/mol. The molecule has 0 N–H and O–H groups in total. The molecule has 0 radical (unpaired) electrons. The van der Waals surface area contributed by atoms with Crippen molar-refractivity contribution < 1.29 is 4.74 Å². The van der Waals surface area contributed by atoms with Crippen LogP contribution in [0.5, 0.6) is 5.75 Å². The van der Waals surface area contributed by atoms with Gasteiger partial charge in [-0.3, -0.25) is 0 Å². The molecule has 1 aromatic carbocycles. The highest BCUT2D eigenvalue weighted by atomic mass is 16.5. The highest BCUT2D eigenvalue weighted by Gasteiger charge is 2.40. The number of fused-ring (bicyclic) bond motifs is 2. The van der Waals surface area contributed by atoms with Crippen molar-refractivity contribution in [2.45, 2.75) is 31.8 Å². The van der Waals surface area contributed by atoms with E-state index in [4.69, 9.17) is 4.74 Å². The molecule has 1 aromatic rings. The molecule has 2 atom stereocenters. The van der Waals surface area contributed by atoms with Crippen LogP contribution in [-0.4, -0.2) is 5.60 Å². The Bertz CT molecular complexity index is 408. The van der Waals surface area contributed by atoms with E-state index in [0.717, 1.165) is 25.0 Å². The molecule has 0 saturated heterocycles. The van der Waals surface area contributed by atoms with Gasteiger partial charge in [0, 0.05) is 5.92 Å². The van der Waals surface area contributed by atoms with E-state index in [9.17, 15) is 0 Å². The lowest BCUT2D eigenvalue weighted by atomic mass is 9.75. The molecule has 0 bridgehead atoms. The van der Waals surface area contributed by atoms with Crippen molar-refractivity contribution in [2.24, 2.45) is 5.92 Å². The molecule has 0 aromatic heterocycles. The van der Waals surface area contributed by atoms with Crippen molar-refractivity contribution in [3.63, 3.8) is 0 Å². The summed E-state index contributed by atoms with van der Waals surface area (Å²) in [6.07, 6.45) is 8.05. The maximum atomic E-state index is 6.17. The lowest BCUT2D eigenvalue weighted by Gasteiger charge is -2.43. The van der Waals surface area contributed by atoms with Gasteiger partial charge in [-0.2, -0.15) is 0 Å². The molecule has 0 fully saturated rings. The van der Waals surface area contributed by atoms with E-state index in [1.54, 1.807) is 0 Å². The topological polar surface area (TPSA) is 9.23 Å². The van der Waals surface area contributed by atoms with Crippen LogP contribution in [0.1, 0.15) is 25.3 Å². The second-order valence-corrected chi connectivity index (χ2v) is 4.80. The van der Waals surface area contributed by atoms with E-state index in [-0.39, 0.29) is 5.60 Å². The Hall–Kier alpha value is -1.24. The summed E-state index contributed by atoms with van der Waals surface area (Å²) in [7, 11) is 0. The molecular formula is C14H16O. The van der Waals surface area contributed by atoms with Gasteiger partial charge in [0.1, 0.15) is 11.4 Å². The van der Waals surface area contributed by atoms with Gasteiger partial charge in [-0.1, -0.05) is 30.4 Å². The Morgan fingerprint density at radius 3 is 3.13 bits per heavy atom. The minimum atomic E-state index is 0.0309. The van der Waals surface area contributed by atoms with Crippen LogP contribution in [0.15, 0.2) is 36.4 Å². The van der Waals surface area contributed by atoms with Crippen molar-refractivity contribution in [3.8, 4) is 5.75 Å². The zero-order chi connectivity index (χ0) is 10.3. The second kappa shape index (κ2) is 3.13. The van der Waals surface area contributed by atoms with Crippen LogP contribution in [0.25, 0.3) is 0 Å². The maximum absolute atomic E-state index is 6.17. The molecule has 0 saturated carbocycles. The van der Waals surface area contributed by atoms with E-state index in [1.807, 2.05) is 0 Å². The third-order valence-electron chi connectivity index (χ3n) is 3.72. The fourth-order valence-corrected chi connectivity index (χ4v) is 2.69. The van der Waals surface area contributed by atoms with Crippen molar-refractivity contribution >= 4 is 0 Å². The van der Waals surface area contributed by atoms with E-state index >= 15 is 0 Å². The van der Waals surface area contributed by atoms with Gasteiger partial charge in [0.05, 0.1) is 0 Å². The average molecular weight is 200 g/mol. The molecule has 1 nitrogen and oxygen atoms in total. The van der Waals surface area contributed by atoms with Crippen LogP contribution >= 0.6 is 0 Å². The van der Waals surface area contributed by atoms with Gasteiger partial charge < -0.3 is 4.74 Å². The first-order valence-corrected chi connectivity index (χ1v) is 5.71. The predicted octanol–water partition coefficient (Wildman–Crippen LogP) is 3.35. The Balaban J connectivity index is 2.03. The van der Waals surface area contributed by atoms with Crippen LogP contribution in [0.4, 0.5) is 0 Å². The quantitative estimate of drug-likeness (QED) is 0.583. The van der Waals surface area contributed by atoms with E-state index in [1.165, 1.54) is 5.56 Å². The van der Waals surface area contributed by atoms with Gasteiger partial charge in [-0.25, -0.2) is 0 Å². The molecular weight excluding hydrogens is 184 g/mol. The summed E-state index contributed by atoms with van der Waals surface area (Å²) in [5.41, 5.74) is 1.38. The van der Waals surface area contributed by atoms with Crippen LogP contribution in [0.3, 0.4) is 0 Å². The summed E-state index contributed by atoms with van der Waals surface area (Å²) in [5, 5.41) is 0. The van der Waals surface area contributed by atoms with Crippen LogP contribution in [0.2, 0.25) is 0 Å². The maximum Gasteiger partial charge on any atom is 0.123 e. The molecule has 1 heteroatoms. The van der Waals surface area contributed by atoms with E-state index < -0.39 is 0 Å². The van der Waals surface area contributed by atoms with Crippen molar-refractivity contribution in [1.29, 1.82) is 0 Å². The van der Waals surface area contributed by atoms with Gasteiger partial charge in [0.15, 0.2) is 0 Å². The zero-order valence-corrected chi connectivity index (χ0v) is 9.07. The Morgan fingerprint density at radius 1 is 1.33 bits per heavy atom. The molecule has 0 spiro atoms. The van der Waals surface area contributed by atoms with Crippen LogP contribution in [-0.2, 0) is 6.42 Å². The first-order valence-electron chi connectivity index (χ1n) is 5.71. The third kappa shape index (κ3) is 1.38. The van der Waals surface area contributed by atoms with Crippen molar-refractivity contribution in [3.05, 3.63) is 42.0 Å². The summed E-state index contributed by atoms with van der Waals surface area (Å²) < 4.78 is 6.17. The Labute approximate surface area is 90.8 Å². The first kappa shape index (κ1) is 9.02. The Morgan fingerprint density at radius 2 is 2.20 bits per heavy atom. The normalized spacial score (nSPS) is 32.7. The molecule has 1 heterocycles. The summed E-state index contributed by atoms with van der Waals surface area (Å²) in [6.45, 7) is 2.25. The van der Waals surface area contributed by atoms with Crippen LogP contribution in [0, 0.1) is 5.92 Å². The summed E-state index contributed by atoms with van der Waals surface area (Å²) >= 11 is 0. The highest BCUT2D eigenvalue weighted by molar-refractivity contribution is 5.38. The van der Waals surface area contributed by atoms with Gasteiger partial charge in [0.2, 0.25) is 0 Å². The number of hydrogen-bond acceptors (Lipinski definition) is 1. The minimum Gasteiger partial charge on any atom is -0.487 e. The average Bonchev–Trinajstić information content (AvgIpc) is 2.25. The third-order valence-corrected chi connectivity index (χ3v) is 3.72. The molecule has 1 aliphatic heterocycles. The number of hydrogen-bond donors (Lipinski definition) is 0. The number of allylic oxidation sites excluding steroid dienone is 1. The fourth-order valence-electron chi connectivity index (χ4n) is 2.69. The molecule has 15 heavy (non-hydrogen) atoms. The SMILES string of the molecule is C[C@]12CCC=C[C@@H]1Cc1ccccc1O2. The van der Waals surface area contributed by atoms with E-state index in [0.29, 0.717) is 5.92 Å². The monoisotopic (exact) mass is 200 g/mol. The first-order chi connectivity index (χ1) is 7.28. The fraction of sp³-hybridized carbons (Fsp3) is 0.429. The van der Waals surface area contributed by atoms with Gasteiger partial charge >= 0.3 is 0 Å². The van der Waals surface area contributed by atoms with Gasteiger partial charge in [0.25, 0.3) is 0 Å². The molecule has 0 amide bonds. The highest BCUT2D eigenvalue weighted by Crippen LogP contribution is 2.42. The minimum absolute atomic E-state index is 0.0309. The zero-order valence-electron chi connectivity index (χ0n) is 9.07. The molecule has 78 valence electrons. The molecule has 1 aliphatic carbocycles. The van der Waals surface area contributed by atoms with Gasteiger partial charge in [-0.15, -0.1) is 0 Å². The van der Waals surface area contributed by atoms with Crippen molar-refractivity contribution in [2.75, 3.05) is 0 Å². The standard InChI is InChI=1S/C14H16O/c1-14-9-5-4-7-12(14)10-11-6-2-3-8-13(11)15-14/h2-4,6-8,12H,5,9-10H2,1H3/t12-,14+/m1/s1. The second-order valence-electron chi connectivity index (χ2n) is 4.80. The largest absolute Gasteiger partial charge is 0.487 e. The smallest absolute Gasteiger partial charge is 0.123 e. The molecule has 2 aliphatic rings.